The molecule has 2 aromatic rings. The highest BCUT2D eigenvalue weighted by molar-refractivity contribution is 7.89. The molecule has 0 atom stereocenters. The topological polar surface area (TPSA) is 63.5 Å². The molecule has 8 heteroatoms. The molecule has 0 saturated carbocycles. The second kappa shape index (κ2) is 4.17. The molecular weight excluding hydrogens is 270 g/mol. The van der Waals surface area contributed by atoms with Crippen molar-refractivity contribution in [2.24, 2.45) is 0 Å². The highest BCUT2D eigenvalue weighted by Gasteiger charge is 2.24. The van der Waals surface area contributed by atoms with Crippen molar-refractivity contribution < 1.29 is 8.42 Å². The summed E-state index contributed by atoms with van der Waals surface area (Å²) in [6.45, 7) is 3.59. The maximum Gasteiger partial charge on any atom is 0.260 e. The lowest BCUT2D eigenvalue weighted by Gasteiger charge is -2.02. The predicted octanol–water partition coefficient (Wildman–Crippen LogP) is 1.51. The minimum Gasteiger partial charge on any atom is -0.279 e. The van der Waals surface area contributed by atoms with E-state index < -0.39 is 10.0 Å². The molecular formula is C8H8ClN3O2S2. The van der Waals surface area contributed by atoms with Crippen LogP contribution in [0.15, 0.2) is 29.3 Å². The van der Waals surface area contributed by atoms with Gasteiger partial charge in [-0.3, -0.25) is 4.40 Å². The standard InChI is InChI=1S/C8H8ClN3O2S2/c1-2-3-10-16(13,14)7-6(9)11-8-12(7)4-5-15-8/h2,4-5,10H,1,3H2. The van der Waals surface area contributed by atoms with Crippen LogP contribution >= 0.6 is 22.9 Å². The average Bonchev–Trinajstić information content (AvgIpc) is 2.73. The van der Waals surface area contributed by atoms with Gasteiger partial charge in [-0.05, 0) is 0 Å². The number of sulfonamides is 1. The fourth-order valence-electron chi connectivity index (χ4n) is 1.22. The number of hydrogen-bond donors (Lipinski definition) is 1. The van der Waals surface area contributed by atoms with Crippen LogP contribution in [-0.2, 0) is 10.0 Å². The summed E-state index contributed by atoms with van der Waals surface area (Å²) in [5.74, 6) is 0. The Hall–Kier alpha value is -0.890. The maximum absolute atomic E-state index is 11.9. The minimum absolute atomic E-state index is 0.0246. The molecule has 2 aromatic heterocycles. The van der Waals surface area contributed by atoms with Crippen molar-refractivity contribution >= 4 is 37.9 Å². The lowest BCUT2D eigenvalue weighted by Crippen LogP contribution is -2.25. The second-order valence-corrected chi connectivity index (χ2v) is 5.82. The Balaban J connectivity index is 2.57. The number of rotatable bonds is 4. The smallest absolute Gasteiger partial charge is 0.260 e. The van der Waals surface area contributed by atoms with Crippen molar-refractivity contribution in [2.45, 2.75) is 5.03 Å². The summed E-state index contributed by atoms with van der Waals surface area (Å²) in [6, 6.07) is 0. The molecule has 2 rings (SSSR count). The monoisotopic (exact) mass is 277 g/mol. The van der Waals surface area contributed by atoms with E-state index in [9.17, 15) is 8.42 Å². The van der Waals surface area contributed by atoms with Gasteiger partial charge < -0.3 is 0 Å². The summed E-state index contributed by atoms with van der Waals surface area (Å²) in [5, 5.41) is 1.68. The van der Waals surface area contributed by atoms with E-state index in [1.165, 1.54) is 21.8 Å². The molecule has 0 spiro atoms. The average molecular weight is 278 g/mol. The zero-order valence-electron chi connectivity index (χ0n) is 8.05. The van der Waals surface area contributed by atoms with E-state index in [0.717, 1.165) is 0 Å². The second-order valence-electron chi connectivity index (χ2n) is 2.90. The normalized spacial score (nSPS) is 12.1. The number of halogens is 1. The SMILES string of the molecule is C=CCNS(=O)(=O)c1c(Cl)nc2sccn12. The van der Waals surface area contributed by atoms with Crippen LogP contribution < -0.4 is 4.72 Å². The maximum atomic E-state index is 11.9. The fraction of sp³-hybridized carbons (Fsp3) is 0.125. The zero-order chi connectivity index (χ0) is 11.8. The van der Waals surface area contributed by atoms with E-state index in [1.807, 2.05) is 0 Å². The van der Waals surface area contributed by atoms with E-state index in [4.69, 9.17) is 11.6 Å². The molecule has 0 bridgehead atoms. The van der Waals surface area contributed by atoms with E-state index in [0.29, 0.717) is 4.96 Å². The molecule has 1 N–H and O–H groups in total. The number of imidazole rings is 1. The molecule has 0 aliphatic carbocycles. The van der Waals surface area contributed by atoms with Crippen LogP contribution in [0.1, 0.15) is 0 Å². The van der Waals surface area contributed by atoms with Crippen LogP contribution in [0.5, 0.6) is 0 Å². The highest BCUT2D eigenvalue weighted by atomic mass is 35.5. The lowest BCUT2D eigenvalue weighted by atomic mass is 10.7. The van der Waals surface area contributed by atoms with Crippen molar-refractivity contribution in [2.75, 3.05) is 6.54 Å². The number of thiazole rings is 1. The molecule has 5 nitrogen and oxygen atoms in total. The summed E-state index contributed by atoms with van der Waals surface area (Å²) in [5.41, 5.74) is 0. The van der Waals surface area contributed by atoms with Crippen LogP contribution in [0.3, 0.4) is 0 Å². The Kier molecular flexibility index (Phi) is 3.02. The minimum atomic E-state index is -3.65. The molecule has 0 amide bonds. The Morgan fingerprint density at radius 2 is 2.44 bits per heavy atom. The van der Waals surface area contributed by atoms with Crippen molar-refractivity contribution in [1.29, 1.82) is 0 Å². The molecule has 0 unspecified atom stereocenters. The Labute approximate surface area is 101 Å². The molecule has 0 saturated heterocycles. The van der Waals surface area contributed by atoms with Gasteiger partial charge in [0.05, 0.1) is 0 Å². The van der Waals surface area contributed by atoms with Crippen molar-refractivity contribution in [3.05, 3.63) is 29.4 Å². The number of nitrogens with one attached hydrogen (secondary N) is 1. The quantitative estimate of drug-likeness (QED) is 0.862. The highest BCUT2D eigenvalue weighted by Crippen LogP contribution is 2.24. The molecule has 0 radical (unpaired) electrons. The summed E-state index contributed by atoms with van der Waals surface area (Å²) < 4.78 is 27.6. The third-order valence-electron chi connectivity index (χ3n) is 1.85. The first-order chi connectivity index (χ1) is 7.56. The van der Waals surface area contributed by atoms with Gasteiger partial charge in [0.25, 0.3) is 10.0 Å². The Morgan fingerprint density at radius 3 is 3.12 bits per heavy atom. The summed E-state index contributed by atoms with van der Waals surface area (Å²) in [4.78, 5) is 4.49. The Morgan fingerprint density at radius 1 is 1.69 bits per heavy atom. The van der Waals surface area contributed by atoms with Gasteiger partial charge in [0.15, 0.2) is 15.1 Å². The first-order valence-electron chi connectivity index (χ1n) is 4.28. The summed E-state index contributed by atoms with van der Waals surface area (Å²) in [7, 11) is -3.65. The molecule has 0 fully saturated rings. The number of fused-ring (bicyclic) bond motifs is 1. The van der Waals surface area contributed by atoms with Gasteiger partial charge in [0.1, 0.15) is 0 Å². The molecule has 0 aliphatic rings. The van der Waals surface area contributed by atoms with Gasteiger partial charge >= 0.3 is 0 Å². The van der Waals surface area contributed by atoms with Crippen molar-refractivity contribution in [3.63, 3.8) is 0 Å². The van der Waals surface area contributed by atoms with E-state index >= 15 is 0 Å². The Bertz CT molecular complexity index is 629. The molecule has 2 heterocycles. The number of nitrogens with zero attached hydrogens (tertiary/aromatic N) is 2. The summed E-state index contributed by atoms with van der Waals surface area (Å²) >= 11 is 7.12. The van der Waals surface area contributed by atoms with Gasteiger partial charge in [0, 0.05) is 18.1 Å². The summed E-state index contributed by atoms with van der Waals surface area (Å²) in [6.07, 6.45) is 3.07. The van der Waals surface area contributed by atoms with Gasteiger partial charge in [0.2, 0.25) is 0 Å². The van der Waals surface area contributed by atoms with Crippen LogP contribution in [0, 0.1) is 0 Å². The zero-order valence-corrected chi connectivity index (χ0v) is 10.4. The van der Waals surface area contributed by atoms with E-state index in [-0.39, 0.29) is 16.7 Å². The van der Waals surface area contributed by atoms with E-state index in [2.05, 4.69) is 16.3 Å². The van der Waals surface area contributed by atoms with Crippen LogP contribution in [0.25, 0.3) is 4.96 Å². The van der Waals surface area contributed by atoms with Gasteiger partial charge in [-0.25, -0.2) is 18.1 Å². The van der Waals surface area contributed by atoms with Crippen molar-refractivity contribution in [3.8, 4) is 0 Å². The largest absolute Gasteiger partial charge is 0.279 e. The third kappa shape index (κ3) is 1.86. The number of hydrogen-bond acceptors (Lipinski definition) is 4. The predicted molar refractivity (Wildman–Crippen MR) is 63.5 cm³/mol. The van der Waals surface area contributed by atoms with Crippen molar-refractivity contribution in [1.82, 2.24) is 14.1 Å². The van der Waals surface area contributed by atoms with Gasteiger partial charge in [-0.2, -0.15) is 0 Å². The molecule has 16 heavy (non-hydrogen) atoms. The first kappa shape index (κ1) is 11.6. The third-order valence-corrected chi connectivity index (χ3v) is 4.43. The molecule has 86 valence electrons. The van der Waals surface area contributed by atoms with Crippen LogP contribution in [-0.4, -0.2) is 24.3 Å². The molecule has 0 aliphatic heterocycles. The number of aromatic nitrogens is 2. The first-order valence-corrected chi connectivity index (χ1v) is 7.02. The van der Waals surface area contributed by atoms with Crippen LogP contribution in [0.2, 0.25) is 5.15 Å². The lowest BCUT2D eigenvalue weighted by molar-refractivity contribution is 0.581. The molecule has 0 aromatic carbocycles. The van der Waals surface area contributed by atoms with E-state index in [1.54, 1.807) is 11.6 Å². The van der Waals surface area contributed by atoms with Gasteiger partial charge in [-0.15, -0.1) is 17.9 Å². The van der Waals surface area contributed by atoms with Crippen LogP contribution in [0.4, 0.5) is 0 Å². The van der Waals surface area contributed by atoms with Gasteiger partial charge in [-0.1, -0.05) is 17.7 Å². The fourth-order valence-corrected chi connectivity index (χ4v) is 3.66.